The van der Waals surface area contributed by atoms with Gasteiger partial charge in [0.2, 0.25) is 0 Å². The molecule has 4 rings (SSSR count). The van der Waals surface area contributed by atoms with Crippen molar-refractivity contribution in [3.8, 4) is 22.1 Å². The van der Waals surface area contributed by atoms with Crippen molar-refractivity contribution in [3.63, 3.8) is 0 Å². The molecule has 0 aliphatic carbocycles. The molecule has 0 aromatic carbocycles. The largest absolute Gasteiger partial charge is 0.328 e. The number of hydrogen-bond donors (Lipinski definition) is 0. The van der Waals surface area contributed by atoms with Crippen molar-refractivity contribution in [3.05, 3.63) is 72.4 Å². The number of aromatic nitrogens is 5. The summed E-state index contributed by atoms with van der Waals surface area (Å²) in [5.41, 5.74) is 2.13. The maximum atomic E-state index is 4.51. The molecule has 4 aromatic rings. The van der Waals surface area contributed by atoms with Gasteiger partial charge in [0.05, 0.1) is 10.4 Å². The second-order valence-corrected chi connectivity index (χ2v) is 6.79. The van der Waals surface area contributed by atoms with Crippen LogP contribution in [0.25, 0.3) is 22.1 Å². The first-order valence-corrected chi connectivity index (χ1v) is 8.97. The Morgan fingerprint density at radius 3 is 2.64 bits per heavy atom. The Morgan fingerprint density at radius 1 is 1.04 bits per heavy atom. The number of hydrogen-bond acceptors (Lipinski definition) is 5. The average molecular weight is 347 g/mol. The minimum atomic E-state index is 0.263. The van der Waals surface area contributed by atoms with E-state index in [1.807, 2.05) is 54.6 Å². The Bertz CT molecular complexity index is 930. The minimum Gasteiger partial charge on any atom is -0.328 e. The van der Waals surface area contributed by atoms with Crippen LogP contribution in [0, 0.1) is 0 Å². The van der Waals surface area contributed by atoms with E-state index in [-0.39, 0.29) is 6.04 Å². The van der Waals surface area contributed by atoms with Gasteiger partial charge in [0, 0.05) is 43.2 Å². The first-order valence-electron chi connectivity index (χ1n) is 8.09. The Morgan fingerprint density at radius 2 is 1.92 bits per heavy atom. The molecule has 0 saturated carbocycles. The van der Waals surface area contributed by atoms with Crippen LogP contribution in [0.4, 0.5) is 0 Å². The van der Waals surface area contributed by atoms with Crippen LogP contribution in [0.1, 0.15) is 18.5 Å². The Kier molecular flexibility index (Phi) is 4.35. The summed E-state index contributed by atoms with van der Waals surface area (Å²) < 4.78 is 2.16. The molecule has 0 saturated heterocycles. The quantitative estimate of drug-likeness (QED) is 0.541. The van der Waals surface area contributed by atoms with Gasteiger partial charge in [-0.25, -0.2) is 15.0 Å². The summed E-state index contributed by atoms with van der Waals surface area (Å²) in [5, 5.41) is 2.03. The van der Waals surface area contributed by atoms with E-state index in [4.69, 9.17) is 0 Å². The standard InChI is InChI=1S/C19H17N5S/c1-14(10-15-4-2-6-20-11-15)24-8-7-21-19(24)16-12-22-18(23-13-16)17-5-3-9-25-17/h2-9,11-14H,10H2,1H3. The van der Waals surface area contributed by atoms with Crippen LogP contribution in [-0.4, -0.2) is 24.5 Å². The normalized spacial score (nSPS) is 12.2. The van der Waals surface area contributed by atoms with Crippen molar-refractivity contribution in [2.75, 3.05) is 0 Å². The zero-order valence-corrected chi connectivity index (χ0v) is 14.6. The fraction of sp³-hybridized carbons (Fsp3) is 0.158. The molecular weight excluding hydrogens is 330 g/mol. The summed E-state index contributed by atoms with van der Waals surface area (Å²) in [6.45, 7) is 2.18. The summed E-state index contributed by atoms with van der Waals surface area (Å²) in [6.07, 6.45) is 12.1. The van der Waals surface area contributed by atoms with Gasteiger partial charge in [0.25, 0.3) is 0 Å². The molecule has 0 fully saturated rings. The maximum Gasteiger partial charge on any atom is 0.169 e. The monoisotopic (exact) mass is 347 g/mol. The molecule has 0 N–H and O–H groups in total. The van der Waals surface area contributed by atoms with Crippen molar-refractivity contribution in [2.24, 2.45) is 0 Å². The van der Waals surface area contributed by atoms with Gasteiger partial charge in [-0.05, 0) is 36.4 Å². The van der Waals surface area contributed by atoms with Crippen LogP contribution in [0.5, 0.6) is 0 Å². The number of imidazole rings is 1. The summed E-state index contributed by atoms with van der Waals surface area (Å²) >= 11 is 1.64. The van der Waals surface area contributed by atoms with E-state index < -0.39 is 0 Å². The number of pyridine rings is 1. The van der Waals surface area contributed by atoms with Gasteiger partial charge >= 0.3 is 0 Å². The highest BCUT2D eigenvalue weighted by molar-refractivity contribution is 7.13. The van der Waals surface area contributed by atoms with Crippen molar-refractivity contribution in [2.45, 2.75) is 19.4 Å². The number of thiophene rings is 1. The SMILES string of the molecule is CC(Cc1cccnc1)n1ccnc1-c1cnc(-c2cccs2)nc1. The van der Waals surface area contributed by atoms with Gasteiger partial charge in [-0.2, -0.15) is 0 Å². The predicted octanol–water partition coefficient (Wildman–Crippen LogP) is 4.27. The summed E-state index contributed by atoms with van der Waals surface area (Å²) in [6, 6.07) is 8.35. The zero-order chi connectivity index (χ0) is 17.1. The van der Waals surface area contributed by atoms with Crippen LogP contribution in [-0.2, 0) is 6.42 Å². The van der Waals surface area contributed by atoms with E-state index in [9.17, 15) is 0 Å². The molecule has 4 aromatic heterocycles. The summed E-state index contributed by atoms with van der Waals surface area (Å²) in [5.74, 6) is 1.63. The molecule has 124 valence electrons. The molecule has 0 radical (unpaired) electrons. The maximum absolute atomic E-state index is 4.51. The third kappa shape index (κ3) is 3.34. The lowest BCUT2D eigenvalue weighted by atomic mass is 10.1. The topological polar surface area (TPSA) is 56.5 Å². The van der Waals surface area contributed by atoms with Crippen LogP contribution in [0.3, 0.4) is 0 Å². The van der Waals surface area contributed by atoms with Crippen molar-refractivity contribution < 1.29 is 0 Å². The first kappa shape index (κ1) is 15.7. The van der Waals surface area contributed by atoms with Gasteiger partial charge in [0.15, 0.2) is 5.82 Å². The molecular formula is C19H17N5S. The molecule has 0 spiro atoms. The Labute approximate surface area is 150 Å². The molecule has 0 aliphatic heterocycles. The lowest BCUT2D eigenvalue weighted by Crippen LogP contribution is -2.09. The highest BCUT2D eigenvalue weighted by atomic mass is 32.1. The fourth-order valence-electron chi connectivity index (χ4n) is 2.83. The fourth-order valence-corrected chi connectivity index (χ4v) is 3.50. The molecule has 0 amide bonds. The lowest BCUT2D eigenvalue weighted by Gasteiger charge is -2.16. The van der Waals surface area contributed by atoms with Crippen LogP contribution in [0.2, 0.25) is 0 Å². The predicted molar refractivity (Wildman–Crippen MR) is 99.2 cm³/mol. The van der Waals surface area contributed by atoms with E-state index in [1.54, 1.807) is 17.5 Å². The van der Waals surface area contributed by atoms with Crippen molar-refractivity contribution >= 4 is 11.3 Å². The molecule has 5 nitrogen and oxygen atoms in total. The van der Waals surface area contributed by atoms with E-state index in [2.05, 4.69) is 37.5 Å². The van der Waals surface area contributed by atoms with Gasteiger partial charge < -0.3 is 4.57 Å². The third-order valence-electron chi connectivity index (χ3n) is 4.05. The summed E-state index contributed by atoms with van der Waals surface area (Å²) in [4.78, 5) is 18.8. The van der Waals surface area contributed by atoms with Crippen LogP contribution < -0.4 is 0 Å². The minimum absolute atomic E-state index is 0.263. The van der Waals surface area contributed by atoms with Crippen molar-refractivity contribution in [1.82, 2.24) is 24.5 Å². The van der Waals surface area contributed by atoms with Crippen LogP contribution in [0.15, 0.2) is 66.8 Å². The molecule has 4 heterocycles. The summed E-state index contributed by atoms with van der Waals surface area (Å²) in [7, 11) is 0. The number of rotatable bonds is 5. The van der Waals surface area contributed by atoms with Gasteiger partial charge in [-0.15, -0.1) is 11.3 Å². The van der Waals surface area contributed by atoms with Crippen molar-refractivity contribution in [1.29, 1.82) is 0 Å². The lowest BCUT2D eigenvalue weighted by molar-refractivity contribution is 0.549. The van der Waals surface area contributed by atoms with Gasteiger partial charge in [-0.1, -0.05) is 12.1 Å². The highest BCUT2D eigenvalue weighted by Gasteiger charge is 2.13. The second kappa shape index (κ2) is 6.94. The Hall–Kier alpha value is -2.86. The highest BCUT2D eigenvalue weighted by Crippen LogP contribution is 2.25. The van der Waals surface area contributed by atoms with Gasteiger partial charge in [-0.3, -0.25) is 4.98 Å². The molecule has 0 aliphatic rings. The van der Waals surface area contributed by atoms with E-state index in [0.29, 0.717) is 0 Å². The smallest absolute Gasteiger partial charge is 0.169 e. The van der Waals surface area contributed by atoms with Crippen LogP contribution >= 0.6 is 11.3 Å². The second-order valence-electron chi connectivity index (χ2n) is 5.85. The van der Waals surface area contributed by atoms with E-state index in [1.165, 1.54) is 5.56 Å². The third-order valence-corrected chi connectivity index (χ3v) is 4.91. The molecule has 6 heteroatoms. The zero-order valence-electron chi connectivity index (χ0n) is 13.8. The number of nitrogens with zero attached hydrogens (tertiary/aromatic N) is 5. The molecule has 1 unspecified atom stereocenters. The average Bonchev–Trinajstić information content (AvgIpc) is 3.35. The molecule has 0 bridgehead atoms. The van der Waals surface area contributed by atoms with E-state index >= 15 is 0 Å². The Balaban J connectivity index is 1.59. The molecule has 1 atom stereocenters. The van der Waals surface area contributed by atoms with Gasteiger partial charge in [0.1, 0.15) is 5.82 Å². The molecule has 25 heavy (non-hydrogen) atoms. The first-order chi connectivity index (χ1) is 12.3. The van der Waals surface area contributed by atoms with E-state index in [0.717, 1.165) is 28.5 Å².